The van der Waals surface area contributed by atoms with E-state index in [2.05, 4.69) is 0 Å². The van der Waals surface area contributed by atoms with E-state index in [0.29, 0.717) is 0 Å². The standard InChI is InChI=1S/C13H22NO3P/c1-10(2)13(12-8-6-5-7-9-12)18(15,17-14)16-11(3)4/h5-11,13H,14H2,1-4H3. The van der Waals surface area contributed by atoms with Crippen LogP contribution in [-0.4, -0.2) is 6.10 Å². The molecule has 0 aliphatic heterocycles. The predicted molar refractivity (Wildman–Crippen MR) is 73.1 cm³/mol. The van der Waals surface area contributed by atoms with Crippen LogP contribution < -0.4 is 5.90 Å². The zero-order valence-electron chi connectivity index (χ0n) is 11.4. The average Bonchev–Trinajstić information content (AvgIpc) is 2.29. The fraction of sp³-hybridized carbons (Fsp3) is 0.538. The molecule has 102 valence electrons. The van der Waals surface area contributed by atoms with Crippen LogP contribution in [-0.2, 0) is 13.7 Å². The molecule has 5 heteroatoms. The molecule has 1 rings (SSSR count). The third-order valence-corrected chi connectivity index (χ3v) is 5.20. The molecule has 0 aliphatic rings. The lowest BCUT2D eigenvalue weighted by atomic mass is 10.0. The van der Waals surface area contributed by atoms with Gasteiger partial charge in [-0.15, -0.1) is 0 Å². The van der Waals surface area contributed by atoms with E-state index in [9.17, 15) is 4.57 Å². The third-order valence-electron chi connectivity index (χ3n) is 2.62. The minimum absolute atomic E-state index is 0.0977. The van der Waals surface area contributed by atoms with E-state index in [-0.39, 0.29) is 17.7 Å². The highest BCUT2D eigenvalue weighted by Crippen LogP contribution is 2.63. The highest BCUT2D eigenvalue weighted by atomic mass is 31.2. The molecule has 2 unspecified atom stereocenters. The summed E-state index contributed by atoms with van der Waals surface area (Å²) in [5.41, 5.74) is 0.563. The van der Waals surface area contributed by atoms with Gasteiger partial charge in [0.1, 0.15) is 0 Å². The summed E-state index contributed by atoms with van der Waals surface area (Å²) in [4.78, 5) is 0. The summed E-state index contributed by atoms with van der Waals surface area (Å²) in [6, 6.07) is 9.56. The van der Waals surface area contributed by atoms with Crippen LogP contribution in [0.25, 0.3) is 0 Å². The van der Waals surface area contributed by atoms with Gasteiger partial charge in [-0.2, -0.15) is 0 Å². The topological polar surface area (TPSA) is 61.5 Å². The van der Waals surface area contributed by atoms with Crippen LogP contribution in [0.5, 0.6) is 0 Å². The Morgan fingerprint density at radius 1 is 1.11 bits per heavy atom. The quantitative estimate of drug-likeness (QED) is 0.629. The van der Waals surface area contributed by atoms with Gasteiger partial charge >= 0.3 is 7.60 Å². The highest BCUT2D eigenvalue weighted by Gasteiger charge is 2.39. The first-order valence-corrected chi connectivity index (χ1v) is 7.73. The van der Waals surface area contributed by atoms with Gasteiger partial charge in [-0.25, -0.2) is 10.5 Å². The van der Waals surface area contributed by atoms with Crippen LogP contribution in [0.15, 0.2) is 30.3 Å². The predicted octanol–water partition coefficient (Wildman–Crippen LogP) is 3.89. The molecule has 0 fully saturated rings. The van der Waals surface area contributed by atoms with E-state index in [0.717, 1.165) is 5.56 Å². The molecule has 2 atom stereocenters. The monoisotopic (exact) mass is 271 g/mol. The van der Waals surface area contributed by atoms with E-state index in [1.165, 1.54) is 0 Å². The first kappa shape index (κ1) is 15.4. The first-order chi connectivity index (χ1) is 8.40. The summed E-state index contributed by atoms with van der Waals surface area (Å²) >= 11 is 0. The van der Waals surface area contributed by atoms with Crippen molar-refractivity contribution >= 4 is 7.60 Å². The van der Waals surface area contributed by atoms with Crippen molar-refractivity contribution < 1.29 is 13.7 Å². The molecule has 0 bridgehead atoms. The number of hydrogen-bond donors (Lipinski definition) is 1. The SMILES string of the molecule is CC(C)OP(=O)(ON)C(c1ccccc1)C(C)C. The van der Waals surface area contributed by atoms with Gasteiger partial charge in [0, 0.05) is 0 Å². The van der Waals surface area contributed by atoms with E-state index >= 15 is 0 Å². The number of nitrogens with two attached hydrogens (primary N) is 1. The minimum atomic E-state index is -3.37. The second-order valence-electron chi connectivity index (χ2n) is 4.90. The lowest BCUT2D eigenvalue weighted by Crippen LogP contribution is -2.16. The molecule has 0 spiro atoms. The molecule has 4 nitrogen and oxygen atoms in total. The van der Waals surface area contributed by atoms with Gasteiger partial charge in [0.2, 0.25) is 0 Å². The Morgan fingerprint density at radius 2 is 1.67 bits per heavy atom. The van der Waals surface area contributed by atoms with Gasteiger partial charge in [-0.1, -0.05) is 44.2 Å². The molecular weight excluding hydrogens is 249 g/mol. The van der Waals surface area contributed by atoms with Crippen LogP contribution in [0.4, 0.5) is 0 Å². The van der Waals surface area contributed by atoms with Crippen LogP contribution in [0.3, 0.4) is 0 Å². The molecule has 1 aromatic rings. The van der Waals surface area contributed by atoms with Crippen LogP contribution in [0, 0.1) is 5.92 Å². The molecule has 0 aliphatic carbocycles. The lowest BCUT2D eigenvalue weighted by molar-refractivity contribution is 0.159. The maximum absolute atomic E-state index is 12.8. The van der Waals surface area contributed by atoms with Gasteiger partial charge in [0.25, 0.3) is 0 Å². The molecule has 0 heterocycles. The van der Waals surface area contributed by atoms with Gasteiger partial charge in [0.15, 0.2) is 0 Å². The first-order valence-electron chi connectivity index (χ1n) is 6.12. The van der Waals surface area contributed by atoms with Crippen molar-refractivity contribution in [3.63, 3.8) is 0 Å². The Morgan fingerprint density at radius 3 is 2.06 bits per heavy atom. The van der Waals surface area contributed by atoms with Gasteiger partial charge in [0.05, 0.1) is 11.8 Å². The Hall–Kier alpha value is -0.670. The maximum atomic E-state index is 12.8. The van der Waals surface area contributed by atoms with Crippen molar-refractivity contribution in [1.82, 2.24) is 0 Å². The number of benzene rings is 1. The fourth-order valence-corrected chi connectivity index (χ4v) is 4.20. The molecule has 0 saturated heterocycles. The summed E-state index contributed by atoms with van der Waals surface area (Å²) in [7, 11) is -3.37. The van der Waals surface area contributed by atoms with Gasteiger partial charge in [-0.05, 0) is 25.3 Å². The Balaban J connectivity index is 3.15. The lowest BCUT2D eigenvalue weighted by Gasteiger charge is -2.29. The normalized spacial score (nSPS) is 16.8. The molecule has 0 aromatic heterocycles. The molecule has 18 heavy (non-hydrogen) atoms. The van der Waals surface area contributed by atoms with E-state index < -0.39 is 7.60 Å². The largest absolute Gasteiger partial charge is 0.354 e. The number of rotatable bonds is 6. The average molecular weight is 271 g/mol. The molecule has 1 aromatic carbocycles. The van der Waals surface area contributed by atoms with E-state index in [4.69, 9.17) is 15.0 Å². The summed E-state index contributed by atoms with van der Waals surface area (Å²) in [5.74, 6) is 5.34. The van der Waals surface area contributed by atoms with Crippen LogP contribution in [0.2, 0.25) is 0 Å². The third kappa shape index (κ3) is 3.66. The molecule has 2 N–H and O–H groups in total. The fourth-order valence-electron chi connectivity index (χ4n) is 2.03. The smallest absolute Gasteiger partial charge is 0.304 e. The number of hydrogen-bond acceptors (Lipinski definition) is 4. The zero-order valence-corrected chi connectivity index (χ0v) is 12.3. The molecular formula is C13H22NO3P. The van der Waals surface area contributed by atoms with Crippen LogP contribution in [0.1, 0.15) is 38.9 Å². The zero-order chi connectivity index (χ0) is 13.8. The second-order valence-corrected chi connectivity index (χ2v) is 6.96. The van der Waals surface area contributed by atoms with Gasteiger partial charge < -0.3 is 4.52 Å². The Kier molecular flexibility index (Phi) is 5.54. The van der Waals surface area contributed by atoms with Crippen molar-refractivity contribution in [1.29, 1.82) is 0 Å². The van der Waals surface area contributed by atoms with E-state index in [1.54, 1.807) is 0 Å². The van der Waals surface area contributed by atoms with Crippen molar-refractivity contribution in [2.75, 3.05) is 0 Å². The van der Waals surface area contributed by atoms with Crippen molar-refractivity contribution in [3.05, 3.63) is 35.9 Å². The second kappa shape index (κ2) is 6.48. The van der Waals surface area contributed by atoms with E-state index in [1.807, 2.05) is 58.0 Å². The molecule has 0 radical (unpaired) electrons. The summed E-state index contributed by atoms with van der Waals surface area (Å²) in [6.07, 6.45) is -0.204. The Labute approximate surface area is 109 Å². The Bertz CT molecular complexity index is 406. The minimum Gasteiger partial charge on any atom is -0.304 e. The van der Waals surface area contributed by atoms with Crippen molar-refractivity contribution in [2.24, 2.45) is 11.8 Å². The van der Waals surface area contributed by atoms with Crippen LogP contribution >= 0.6 is 7.60 Å². The van der Waals surface area contributed by atoms with Crippen molar-refractivity contribution in [3.8, 4) is 0 Å². The summed E-state index contributed by atoms with van der Waals surface area (Å²) < 4.78 is 23.0. The summed E-state index contributed by atoms with van der Waals surface area (Å²) in [5, 5.41) is 0. The maximum Gasteiger partial charge on any atom is 0.354 e. The molecule has 0 saturated carbocycles. The molecule has 0 amide bonds. The van der Waals surface area contributed by atoms with Crippen molar-refractivity contribution in [2.45, 2.75) is 39.5 Å². The summed E-state index contributed by atoms with van der Waals surface area (Å²) in [6.45, 7) is 7.59. The highest BCUT2D eigenvalue weighted by molar-refractivity contribution is 7.54. The van der Waals surface area contributed by atoms with Gasteiger partial charge in [-0.3, -0.25) is 4.57 Å².